The number of benzene rings is 1. The third-order valence-electron chi connectivity index (χ3n) is 4.09. The zero-order valence-corrected chi connectivity index (χ0v) is 16.0. The summed E-state index contributed by atoms with van der Waals surface area (Å²) < 4.78 is 21.1. The van der Waals surface area contributed by atoms with Crippen molar-refractivity contribution in [3.8, 4) is 11.3 Å². The molecule has 0 unspecified atom stereocenters. The highest BCUT2D eigenvalue weighted by atomic mass is 19.1. The van der Waals surface area contributed by atoms with Gasteiger partial charge in [0, 0.05) is 19.3 Å². The molecule has 0 bridgehead atoms. The SMILES string of the molecule is CN(C)CCNC(=O)Cn1cc(NCc2ccc(-c3ccccc3F)o2)cn1. The zero-order valence-electron chi connectivity index (χ0n) is 16.0. The van der Waals surface area contributed by atoms with Crippen molar-refractivity contribution in [1.29, 1.82) is 0 Å². The van der Waals surface area contributed by atoms with Crippen LogP contribution in [0.5, 0.6) is 0 Å². The van der Waals surface area contributed by atoms with E-state index in [4.69, 9.17) is 4.42 Å². The molecule has 0 aliphatic carbocycles. The predicted octanol–water partition coefficient (Wildman–Crippen LogP) is 2.57. The van der Waals surface area contributed by atoms with Crippen molar-refractivity contribution < 1.29 is 13.6 Å². The number of nitrogens with one attached hydrogen (secondary N) is 2. The fraction of sp³-hybridized carbons (Fsp3) is 0.300. The highest BCUT2D eigenvalue weighted by Crippen LogP contribution is 2.25. The molecule has 7 nitrogen and oxygen atoms in total. The molecular formula is C20H24FN5O2. The quantitative estimate of drug-likeness (QED) is 0.592. The lowest BCUT2D eigenvalue weighted by molar-refractivity contribution is -0.121. The van der Waals surface area contributed by atoms with Gasteiger partial charge in [-0.1, -0.05) is 12.1 Å². The summed E-state index contributed by atoms with van der Waals surface area (Å²) >= 11 is 0. The summed E-state index contributed by atoms with van der Waals surface area (Å²) in [6.45, 7) is 1.97. The van der Waals surface area contributed by atoms with Crippen molar-refractivity contribution in [2.75, 3.05) is 32.5 Å². The third-order valence-corrected chi connectivity index (χ3v) is 4.09. The smallest absolute Gasteiger partial charge is 0.241 e. The van der Waals surface area contributed by atoms with Crippen molar-refractivity contribution in [3.05, 3.63) is 60.4 Å². The molecule has 3 rings (SSSR count). The van der Waals surface area contributed by atoms with Crippen molar-refractivity contribution >= 4 is 11.6 Å². The predicted molar refractivity (Wildman–Crippen MR) is 105 cm³/mol. The molecule has 0 saturated heterocycles. The van der Waals surface area contributed by atoms with E-state index in [0.717, 1.165) is 12.2 Å². The van der Waals surface area contributed by atoms with Gasteiger partial charge in [-0.25, -0.2) is 4.39 Å². The molecule has 3 aromatic rings. The van der Waals surface area contributed by atoms with Gasteiger partial charge in [0.15, 0.2) is 0 Å². The van der Waals surface area contributed by atoms with Crippen LogP contribution in [0.1, 0.15) is 5.76 Å². The van der Waals surface area contributed by atoms with Crippen LogP contribution < -0.4 is 10.6 Å². The Labute approximate surface area is 163 Å². The van der Waals surface area contributed by atoms with Gasteiger partial charge >= 0.3 is 0 Å². The van der Waals surface area contributed by atoms with Gasteiger partial charge in [-0.15, -0.1) is 0 Å². The second kappa shape index (κ2) is 9.18. The van der Waals surface area contributed by atoms with E-state index in [1.165, 1.54) is 6.07 Å². The monoisotopic (exact) mass is 385 g/mol. The maximum absolute atomic E-state index is 13.8. The van der Waals surface area contributed by atoms with Crippen molar-refractivity contribution in [1.82, 2.24) is 20.0 Å². The Hall–Kier alpha value is -3.13. The largest absolute Gasteiger partial charge is 0.459 e. The molecule has 0 radical (unpaired) electrons. The maximum atomic E-state index is 13.8. The molecular weight excluding hydrogens is 361 g/mol. The lowest BCUT2D eigenvalue weighted by Gasteiger charge is -2.10. The molecule has 8 heteroatoms. The minimum atomic E-state index is -0.318. The van der Waals surface area contributed by atoms with Crippen LogP contribution in [0.15, 0.2) is 53.2 Å². The van der Waals surface area contributed by atoms with Gasteiger partial charge in [-0.2, -0.15) is 5.10 Å². The van der Waals surface area contributed by atoms with E-state index in [1.54, 1.807) is 47.4 Å². The molecule has 0 spiro atoms. The average molecular weight is 385 g/mol. The Bertz CT molecular complexity index is 919. The van der Waals surface area contributed by atoms with Gasteiger partial charge in [0.05, 0.1) is 24.0 Å². The third kappa shape index (κ3) is 5.43. The number of aromatic nitrogens is 2. The van der Waals surface area contributed by atoms with Crippen LogP contribution in [0.3, 0.4) is 0 Å². The second-order valence-electron chi connectivity index (χ2n) is 6.68. The molecule has 0 saturated carbocycles. The van der Waals surface area contributed by atoms with Crippen LogP contribution in [0, 0.1) is 5.82 Å². The van der Waals surface area contributed by atoms with Crippen LogP contribution in [-0.4, -0.2) is 47.8 Å². The molecule has 0 fully saturated rings. The van der Waals surface area contributed by atoms with Crippen molar-refractivity contribution in [2.24, 2.45) is 0 Å². The maximum Gasteiger partial charge on any atom is 0.241 e. The summed E-state index contributed by atoms with van der Waals surface area (Å²) in [7, 11) is 3.91. The summed E-state index contributed by atoms with van der Waals surface area (Å²) in [6.07, 6.45) is 3.40. The standard InChI is InChI=1S/C20H24FN5O2/c1-25(2)10-9-22-20(27)14-26-13-15(11-24-26)23-12-16-7-8-19(28-16)17-5-3-4-6-18(17)21/h3-8,11,13,23H,9-10,12,14H2,1-2H3,(H,22,27). The number of carbonyl (C=O) groups is 1. The molecule has 148 valence electrons. The lowest BCUT2D eigenvalue weighted by Crippen LogP contribution is -2.33. The van der Waals surface area contributed by atoms with E-state index in [1.807, 2.05) is 19.0 Å². The van der Waals surface area contributed by atoms with Gasteiger partial charge in [-0.05, 0) is 38.4 Å². The summed E-state index contributed by atoms with van der Waals surface area (Å²) in [6, 6.07) is 10.0. The summed E-state index contributed by atoms with van der Waals surface area (Å²) in [4.78, 5) is 13.9. The van der Waals surface area contributed by atoms with Gasteiger partial charge in [0.2, 0.25) is 5.91 Å². The molecule has 0 aliphatic rings. The highest BCUT2D eigenvalue weighted by Gasteiger charge is 2.10. The number of hydrogen-bond acceptors (Lipinski definition) is 5. The van der Waals surface area contributed by atoms with Crippen LogP contribution in [-0.2, 0) is 17.9 Å². The number of nitrogens with zero attached hydrogens (tertiary/aromatic N) is 3. The Morgan fingerprint density at radius 3 is 2.86 bits per heavy atom. The van der Waals surface area contributed by atoms with Crippen LogP contribution in [0.2, 0.25) is 0 Å². The van der Waals surface area contributed by atoms with Gasteiger partial charge < -0.3 is 20.0 Å². The van der Waals surface area contributed by atoms with Gasteiger partial charge in [0.1, 0.15) is 23.9 Å². The molecule has 1 aromatic carbocycles. The number of rotatable bonds is 9. The Morgan fingerprint density at radius 2 is 2.07 bits per heavy atom. The first-order valence-electron chi connectivity index (χ1n) is 9.02. The average Bonchev–Trinajstić information content (AvgIpc) is 3.29. The van der Waals surface area contributed by atoms with Crippen LogP contribution >= 0.6 is 0 Å². The number of halogens is 1. The fourth-order valence-electron chi connectivity index (χ4n) is 2.63. The Kier molecular flexibility index (Phi) is 6.44. The first-order valence-corrected chi connectivity index (χ1v) is 9.02. The van der Waals surface area contributed by atoms with E-state index in [-0.39, 0.29) is 18.3 Å². The number of anilines is 1. The number of furan rings is 1. The summed E-state index contributed by atoms with van der Waals surface area (Å²) in [5, 5.41) is 10.2. The molecule has 0 aliphatic heterocycles. The highest BCUT2D eigenvalue weighted by molar-refractivity contribution is 5.75. The lowest BCUT2D eigenvalue weighted by atomic mass is 10.1. The topological polar surface area (TPSA) is 75.3 Å². The Balaban J connectivity index is 1.50. The molecule has 1 amide bonds. The fourth-order valence-corrected chi connectivity index (χ4v) is 2.63. The van der Waals surface area contributed by atoms with E-state index in [9.17, 15) is 9.18 Å². The molecule has 2 aromatic heterocycles. The van der Waals surface area contributed by atoms with E-state index >= 15 is 0 Å². The number of likely N-dealkylation sites (N-methyl/N-ethyl adjacent to an activating group) is 1. The van der Waals surface area contributed by atoms with Gasteiger partial charge in [0.25, 0.3) is 0 Å². The zero-order chi connectivity index (χ0) is 19.9. The number of amides is 1. The van der Waals surface area contributed by atoms with Crippen molar-refractivity contribution in [3.63, 3.8) is 0 Å². The van der Waals surface area contributed by atoms with Crippen LogP contribution in [0.4, 0.5) is 10.1 Å². The first-order chi connectivity index (χ1) is 13.5. The number of carbonyl (C=O) groups excluding carboxylic acids is 1. The van der Waals surface area contributed by atoms with Crippen LogP contribution in [0.25, 0.3) is 11.3 Å². The Morgan fingerprint density at radius 1 is 1.25 bits per heavy atom. The van der Waals surface area contributed by atoms with E-state index in [0.29, 0.717) is 30.2 Å². The first kappa shape index (κ1) is 19.6. The summed E-state index contributed by atoms with van der Waals surface area (Å²) in [5.74, 6) is 0.756. The van der Waals surface area contributed by atoms with Crippen molar-refractivity contribution in [2.45, 2.75) is 13.1 Å². The molecule has 0 atom stereocenters. The molecule has 28 heavy (non-hydrogen) atoms. The minimum Gasteiger partial charge on any atom is -0.459 e. The minimum absolute atomic E-state index is 0.0861. The molecule has 2 N–H and O–H groups in total. The van der Waals surface area contributed by atoms with E-state index < -0.39 is 0 Å². The van der Waals surface area contributed by atoms with E-state index in [2.05, 4.69) is 15.7 Å². The summed E-state index contributed by atoms with van der Waals surface area (Å²) in [5.41, 5.74) is 1.20. The van der Waals surface area contributed by atoms with Gasteiger partial charge in [-0.3, -0.25) is 9.48 Å². The second-order valence-corrected chi connectivity index (χ2v) is 6.68. The number of hydrogen-bond donors (Lipinski definition) is 2. The molecule has 2 heterocycles. The normalized spacial score (nSPS) is 11.0.